The van der Waals surface area contributed by atoms with E-state index < -0.39 is 43.1 Å². The highest BCUT2D eigenvalue weighted by atomic mass is 16.5. The fraction of sp³-hybridized carbons (Fsp3) is 0.273. The fourth-order valence-corrected chi connectivity index (χ4v) is 2.41. The molecular formula is C22H25N3O7. The molecule has 0 aromatic heterocycles. The van der Waals surface area contributed by atoms with Crippen molar-refractivity contribution in [3.8, 4) is 0 Å². The van der Waals surface area contributed by atoms with E-state index >= 15 is 0 Å². The summed E-state index contributed by atoms with van der Waals surface area (Å²) >= 11 is 0. The molecule has 0 saturated heterocycles. The standard InChI is InChI=1S/C22H25N3O7/c26-13-18(25-22(30)32-15-17-9-5-2-6-10-17)21(29)24-11-19(27)23-12-20(28)31-14-16-7-3-1-4-8-16/h1-10,18,26H,11-15H2,(H,23,27)(H,24,29)(H,25,30)/t18-/m0/s1. The van der Waals surface area contributed by atoms with E-state index in [0.717, 1.165) is 11.1 Å². The van der Waals surface area contributed by atoms with Gasteiger partial charge in [-0.05, 0) is 11.1 Å². The zero-order valence-electron chi connectivity index (χ0n) is 17.3. The van der Waals surface area contributed by atoms with Crippen molar-refractivity contribution in [1.29, 1.82) is 0 Å². The molecule has 10 heteroatoms. The lowest BCUT2D eigenvalue weighted by Crippen LogP contribution is -2.51. The monoisotopic (exact) mass is 443 g/mol. The summed E-state index contributed by atoms with van der Waals surface area (Å²) in [6.45, 7) is -1.44. The van der Waals surface area contributed by atoms with Crippen LogP contribution in [0.4, 0.5) is 4.79 Å². The van der Waals surface area contributed by atoms with Gasteiger partial charge in [-0.25, -0.2) is 4.79 Å². The normalized spacial score (nSPS) is 11.0. The summed E-state index contributed by atoms with van der Waals surface area (Å²) in [5.74, 6) is -2.06. The van der Waals surface area contributed by atoms with E-state index in [1.807, 2.05) is 24.3 Å². The number of nitrogens with one attached hydrogen (secondary N) is 3. The minimum atomic E-state index is -1.30. The molecule has 0 aliphatic carbocycles. The molecule has 0 bridgehead atoms. The SMILES string of the molecule is O=C(CNC(=O)[C@H](CO)NC(=O)OCc1ccccc1)NCC(=O)OCc1ccccc1. The molecule has 2 aromatic rings. The van der Waals surface area contributed by atoms with Crippen molar-refractivity contribution < 1.29 is 33.8 Å². The highest BCUT2D eigenvalue weighted by molar-refractivity contribution is 5.90. The molecule has 4 N–H and O–H groups in total. The molecular weight excluding hydrogens is 418 g/mol. The van der Waals surface area contributed by atoms with Crippen LogP contribution in [0.3, 0.4) is 0 Å². The average molecular weight is 443 g/mol. The summed E-state index contributed by atoms with van der Waals surface area (Å²) in [7, 11) is 0. The van der Waals surface area contributed by atoms with Crippen LogP contribution >= 0.6 is 0 Å². The van der Waals surface area contributed by atoms with Crippen LogP contribution in [-0.4, -0.2) is 54.7 Å². The maximum atomic E-state index is 12.1. The van der Waals surface area contributed by atoms with Crippen molar-refractivity contribution in [3.05, 3.63) is 71.8 Å². The second kappa shape index (κ2) is 13.4. The van der Waals surface area contributed by atoms with E-state index in [1.54, 1.807) is 36.4 Å². The van der Waals surface area contributed by atoms with Gasteiger partial charge in [-0.1, -0.05) is 60.7 Å². The molecule has 0 aliphatic rings. The van der Waals surface area contributed by atoms with Gasteiger partial charge < -0.3 is 30.5 Å². The van der Waals surface area contributed by atoms with Crippen LogP contribution in [0.1, 0.15) is 11.1 Å². The minimum Gasteiger partial charge on any atom is -0.460 e. The molecule has 170 valence electrons. The molecule has 32 heavy (non-hydrogen) atoms. The Morgan fingerprint density at radius 1 is 0.781 bits per heavy atom. The number of hydrogen-bond donors (Lipinski definition) is 4. The van der Waals surface area contributed by atoms with Gasteiger partial charge in [0, 0.05) is 0 Å². The molecule has 0 heterocycles. The maximum absolute atomic E-state index is 12.1. The fourth-order valence-electron chi connectivity index (χ4n) is 2.41. The van der Waals surface area contributed by atoms with Gasteiger partial charge in [0.25, 0.3) is 0 Å². The van der Waals surface area contributed by atoms with E-state index in [-0.39, 0.29) is 19.8 Å². The van der Waals surface area contributed by atoms with Crippen molar-refractivity contribution >= 4 is 23.9 Å². The second-order valence-electron chi connectivity index (χ2n) is 6.58. The lowest BCUT2D eigenvalue weighted by atomic mass is 10.2. The summed E-state index contributed by atoms with van der Waals surface area (Å²) in [5, 5.41) is 16.1. The molecule has 0 radical (unpaired) electrons. The molecule has 2 aromatic carbocycles. The van der Waals surface area contributed by atoms with Crippen LogP contribution < -0.4 is 16.0 Å². The third-order valence-corrected chi connectivity index (χ3v) is 4.10. The quantitative estimate of drug-likeness (QED) is 0.365. The zero-order valence-corrected chi connectivity index (χ0v) is 17.3. The van der Waals surface area contributed by atoms with Gasteiger partial charge in [-0.15, -0.1) is 0 Å². The number of carbonyl (C=O) groups is 4. The van der Waals surface area contributed by atoms with Crippen LogP contribution in [0, 0.1) is 0 Å². The predicted octanol–water partition coefficient (Wildman–Crippen LogP) is 0.250. The van der Waals surface area contributed by atoms with Gasteiger partial charge in [0.1, 0.15) is 25.8 Å². The highest BCUT2D eigenvalue weighted by Gasteiger charge is 2.21. The number of ether oxygens (including phenoxy) is 2. The zero-order chi connectivity index (χ0) is 23.2. The van der Waals surface area contributed by atoms with E-state index in [2.05, 4.69) is 16.0 Å². The highest BCUT2D eigenvalue weighted by Crippen LogP contribution is 2.01. The van der Waals surface area contributed by atoms with Crippen LogP contribution in [-0.2, 0) is 37.1 Å². The first-order valence-electron chi connectivity index (χ1n) is 9.80. The Morgan fingerprint density at radius 2 is 1.34 bits per heavy atom. The first-order chi connectivity index (χ1) is 15.5. The summed E-state index contributed by atoms with van der Waals surface area (Å²) in [5.41, 5.74) is 1.57. The van der Waals surface area contributed by atoms with Crippen LogP contribution in [0.5, 0.6) is 0 Å². The second-order valence-corrected chi connectivity index (χ2v) is 6.58. The van der Waals surface area contributed by atoms with Gasteiger partial charge in [0.15, 0.2) is 0 Å². The topological polar surface area (TPSA) is 143 Å². The first kappa shape index (κ1) is 24.4. The van der Waals surface area contributed by atoms with E-state index in [0.29, 0.717) is 0 Å². The van der Waals surface area contributed by atoms with Crippen LogP contribution in [0.25, 0.3) is 0 Å². The van der Waals surface area contributed by atoms with Crippen LogP contribution in [0.15, 0.2) is 60.7 Å². The van der Waals surface area contributed by atoms with Gasteiger partial charge in [0.05, 0.1) is 13.2 Å². The summed E-state index contributed by atoms with van der Waals surface area (Å²) in [4.78, 5) is 47.4. The molecule has 0 spiro atoms. The van der Waals surface area contributed by atoms with E-state index in [9.17, 15) is 24.3 Å². The Hall–Kier alpha value is -3.92. The lowest BCUT2D eigenvalue weighted by Gasteiger charge is -2.16. The average Bonchev–Trinajstić information content (AvgIpc) is 2.83. The van der Waals surface area contributed by atoms with E-state index in [1.165, 1.54) is 0 Å². The molecule has 0 fully saturated rings. The van der Waals surface area contributed by atoms with Crippen molar-refractivity contribution in [2.24, 2.45) is 0 Å². The summed E-state index contributed by atoms with van der Waals surface area (Å²) < 4.78 is 10.0. The number of benzene rings is 2. The Kier molecular flexibility index (Phi) is 10.2. The minimum absolute atomic E-state index is 0.00474. The Balaban J connectivity index is 1.64. The molecule has 0 unspecified atom stereocenters. The smallest absolute Gasteiger partial charge is 0.408 e. The molecule has 0 saturated carbocycles. The van der Waals surface area contributed by atoms with Crippen molar-refractivity contribution in [1.82, 2.24) is 16.0 Å². The largest absolute Gasteiger partial charge is 0.460 e. The Bertz CT molecular complexity index is 891. The van der Waals surface area contributed by atoms with Crippen molar-refractivity contribution in [2.45, 2.75) is 19.3 Å². The third-order valence-electron chi connectivity index (χ3n) is 4.10. The van der Waals surface area contributed by atoms with Crippen molar-refractivity contribution in [3.63, 3.8) is 0 Å². The van der Waals surface area contributed by atoms with Crippen LogP contribution in [0.2, 0.25) is 0 Å². The number of aliphatic hydroxyl groups excluding tert-OH is 1. The molecule has 10 nitrogen and oxygen atoms in total. The molecule has 2 rings (SSSR count). The van der Waals surface area contributed by atoms with E-state index in [4.69, 9.17) is 9.47 Å². The number of carbonyl (C=O) groups excluding carboxylic acids is 4. The van der Waals surface area contributed by atoms with Gasteiger partial charge in [-0.2, -0.15) is 0 Å². The number of aliphatic hydroxyl groups is 1. The molecule has 1 atom stereocenters. The van der Waals surface area contributed by atoms with Gasteiger partial charge >= 0.3 is 12.1 Å². The number of rotatable bonds is 11. The predicted molar refractivity (Wildman–Crippen MR) is 113 cm³/mol. The third kappa shape index (κ3) is 9.26. The number of alkyl carbamates (subject to hydrolysis) is 1. The van der Waals surface area contributed by atoms with Crippen molar-refractivity contribution in [2.75, 3.05) is 19.7 Å². The lowest BCUT2D eigenvalue weighted by molar-refractivity contribution is -0.145. The number of amides is 3. The Morgan fingerprint density at radius 3 is 1.91 bits per heavy atom. The first-order valence-corrected chi connectivity index (χ1v) is 9.80. The number of esters is 1. The summed E-state index contributed by atoms with van der Waals surface area (Å²) in [6, 6.07) is 16.7. The summed E-state index contributed by atoms with van der Waals surface area (Å²) in [6.07, 6.45) is -0.895. The Labute approximate surface area is 184 Å². The maximum Gasteiger partial charge on any atom is 0.408 e. The molecule has 0 aliphatic heterocycles. The molecule has 3 amide bonds. The van der Waals surface area contributed by atoms with Gasteiger partial charge in [0.2, 0.25) is 11.8 Å². The number of hydrogen-bond acceptors (Lipinski definition) is 7. The van der Waals surface area contributed by atoms with Gasteiger partial charge in [-0.3, -0.25) is 14.4 Å².